The van der Waals surface area contributed by atoms with Gasteiger partial charge >= 0.3 is 0 Å². The van der Waals surface area contributed by atoms with Crippen LogP contribution in [-0.2, 0) is 0 Å². The quantitative estimate of drug-likeness (QED) is 0.621. The minimum absolute atomic E-state index is 1.21. The summed E-state index contributed by atoms with van der Waals surface area (Å²) in [5, 5.41) is 0. The van der Waals surface area contributed by atoms with Crippen molar-refractivity contribution in [3.05, 3.63) is 42.6 Å². The Morgan fingerprint density at radius 3 is 2.36 bits per heavy atom. The summed E-state index contributed by atoms with van der Waals surface area (Å²) in [6, 6.07) is 10.3. The molecule has 0 radical (unpaired) electrons. The molecule has 1 aromatic rings. The van der Waals surface area contributed by atoms with Crippen LogP contribution in [0.2, 0.25) is 0 Å². The first-order valence-corrected chi connectivity index (χ1v) is 3.75. The lowest BCUT2D eigenvalue weighted by atomic mass is 10.3. The lowest BCUT2D eigenvalue weighted by molar-refractivity contribution is 1.20. The fourth-order valence-electron chi connectivity index (χ4n) is 0.973. The third kappa shape index (κ3) is 2.11. The molecule has 0 aliphatic rings. The zero-order chi connectivity index (χ0) is 8.10. The van der Waals surface area contributed by atoms with Crippen molar-refractivity contribution >= 4 is 5.69 Å². The van der Waals surface area contributed by atoms with E-state index in [2.05, 4.69) is 17.0 Å². The molecule has 1 nitrogen and oxygen atoms in total. The SMILES string of the molecule is C/C=C\N(C)c1ccccc1. The van der Waals surface area contributed by atoms with Gasteiger partial charge in [-0.1, -0.05) is 24.3 Å². The Morgan fingerprint density at radius 1 is 1.18 bits per heavy atom. The summed E-state index contributed by atoms with van der Waals surface area (Å²) in [5.41, 5.74) is 1.21. The van der Waals surface area contributed by atoms with Gasteiger partial charge in [0.2, 0.25) is 0 Å². The minimum atomic E-state index is 1.21. The predicted octanol–water partition coefficient (Wildman–Crippen LogP) is 2.66. The number of para-hydroxylation sites is 1. The monoisotopic (exact) mass is 147 g/mol. The highest BCUT2D eigenvalue weighted by Crippen LogP contribution is 2.10. The van der Waals surface area contributed by atoms with Crippen LogP contribution in [0, 0.1) is 0 Å². The van der Waals surface area contributed by atoms with E-state index in [4.69, 9.17) is 0 Å². The molecule has 11 heavy (non-hydrogen) atoms. The first kappa shape index (κ1) is 7.86. The lowest BCUT2D eigenvalue weighted by Gasteiger charge is -2.12. The van der Waals surface area contributed by atoms with Crippen LogP contribution in [0.15, 0.2) is 42.6 Å². The van der Waals surface area contributed by atoms with Crippen molar-refractivity contribution in [3.63, 3.8) is 0 Å². The number of rotatable bonds is 2. The number of hydrogen-bond acceptors (Lipinski definition) is 1. The average Bonchev–Trinajstić information content (AvgIpc) is 2.07. The van der Waals surface area contributed by atoms with Crippen molar-refractivity contribution < 1.29 is 0 Å². The van der Waals surface area contributed by atoms with E-state index < -0.39 is 0 Å². The minimum Gasteiger partial charge on any atom is -0.351 e. The summed E-state index contributed by atoms with van der Waals surface area (Å²) in [6.45, 7) is 2.01. The zero-order valence-corrected chi connectivity index (χ0v) is 6.99. The molecule has 0 saturated carbocycles. The number of allylic oxidation sites excluding steroid dienone is 1. The molecule has 0 aliphatic carbocycles. The van der Waals surface area contributed by atoms with Crippen LogP contribution in [0.5, 0.6) is 0 Å². The molecule has 0 unspecified atom stereocenters. The molecule has 0 saturated heterocycles. The molecule has 0 N–H and O–H groups in total. The first-order chi connectivity index (χ1) is 5.34. The van der Waals surface area contributed by atoms with Gasteiger partial charge in [-0.3, -0.25) is 0 Å². The van der Waals surface area contributed by atoms with E-state index in [-0.39, 0.29) is 0 Å². The number of nitrogens with zero attached hydrogens (tertiary/aromatic N) is 1. The standard InChI is InChI=1S/C10H13N/c1-3-9-11(2)10-7-5-4-6-8-10/h3-9H,1-2H3/b9-3-. The summed E-state index contributed by atoms with van der Waals surface area (Å²) >= 11 is 0. The number of hydrogen-bond donors (Lipinski definition) is 0. The molecule has 0 aromatic heterocycles. The Balaban J connectivity index is 2.76. The van der Waals surface area contributed by atoms with Gasteiger partial charge in [0, 0.05) is 12.7 Å². The largest absolute Gasteiger partial charge is 0.351 e. The molecule has 1 aromatic carbocycles. The fourth-order valence-corrected chi connectivity index (χ4v) is 0.973. The van der Waals surface area contributed by atoms with Crippen LogP contribution in [0.25, 0.3) is 0 Å². The van der Waals surface area contributed by atoms with Crippen molar-refractivity contribution in [2.75, 3.05) is 11.9 Å². The van der Waals surface area contributed by atoms with Gasteiger partial charge in [0.15, 0.2) is 0 Å². The van der Waals surface area contributed by atoms with Gasteiger partial charge in [-0.25, -0.2) is 0 Å². The van der Waals surface area contributed by atoms with Crippen LogP contribution in [0.4, 0.5) is 5.69 Å². The van der Waals surface area contributed by atoms with Crippen molar-refractivity contribution in [1.82, 2.24) is 0 Å². The average molecular weight is 147 g/mol. The summed E-state index contributed by atoms with van der Waals surface area (Å²) in [4.78, 5) is 2.08. The Kier molecular flexibility index (Phi) is 2.73. The maximum absolute atomic E-state index is 2.08. The zero-order valence-electron chi connectivity index (χ0n) is 6.99. The molecule has 0 atom stereocenters. The van der Waals surface area contributed by atoms with E-state index in [1.54, 1.807) is 0 Å². The first-order valence-electron chi connectivity index (χ1n) is 3.75. The summed E-state index contributed by atoms with van der Waals surface area (Å²) < 4.78 is 0. The topological polar surface area (TPSA) is 3.24 Å². The van der Waals surface area contributed by atoms with Gasteiger partial charge in [0.25, 0.3) is 0 Å². The summed E-state index contributed by atoms with van der Waals surface area (Å²) in [7, 11) is 2.04. The molecule has 0 bridgehead atoms. The molecule has 0 amide bonds. The molecule has 1 heteroatoms. The Bertz CT molecular complexity index is 226. The van der Waals surface area contributed by atoms with Crippen LogP contribution >= 0.6 is 0 Å². The highest BCUT2D eigenvalue weighted by atomic mass is 15.1. The molecular weight excluding hydrogens is 134 g/mol. The number of anilines is 1. The highest BCUT2D eigenvalue weighted by molar-refractivity contribution is 5.47. The molecule has 1 rings (SSSR count). The van der Waals surface area contributed by atoms with E-state index in [0.717, 1.165) is 0 Å². The van der Waals surface area contributed by atoms with Crippen molar-refractivity contribution in [2.45, 2.75) is 6.92 Å². The molecular formula is C10H13N. The van der Waals surface area contributed by atoms with E-state index in [0.29, 0.717) is 0 Å². The van der Waals surface area contributed by atoms with Gasteiger partial charge in [-0.05, 0) is 25.3 Å². The number of benzene rings is 1. The Hall–Kier alpha value is -1.24. The molecule has 0 fully saturated rings. The highest BCUT2D eigenvalue weighted by Gasteiger charge is 1.91. The van der Waals surface area contributed by atoms with Crippen LogP contribution in [0.1, 0.15) is 6.92 Å². The third-order valence-electron chi connectivity index (χ3n) is 1.54. The van der Waals surface area contributed by atoms with Gasteiger partial charge in [-0.15, -0.1) is 0 Å². The van der Waals surface area contributed by atoms with Gasteiger partial charge < -0.3 is 4.90 Å². The van der Waals surface area contributed by atoms with E-state index in [1.807, 2.05) is 44.4 Å². The van der Waals surface area contributed by atoms with Gasteiger partial charge in [0.05, 0.1) is 0 Å². The Morgan fingerprint density at radius 2 is 1.82 bits per heavy atom. The Labute approximate surface area is 68.0 Å². The molecule has 58 valence electrons. The smallest absolute Gasteiger partial charge is 0.0403 e. The fraction of sp³-hybridized carbons (Fsp3) is 0.200. The van der Waals surface area contributed by atoms with Gasteiger partial charge in [-0.2, -0.15) is 0 Å². The summed E-state index contributed by atoms with van der Waals surface area (Å²) in [6.07, 6.45) is 4.06. The summed E-state index contributed by atoms with van der Waals surface area (Å²) in [5.74, 6) is 0. The van der Waals surface area contributed by atoms with Crippen molar-refractivity contribution in [1.29, 1.82) is 0 Å². The lowest BCUT2D eigenvalue weighted by Crippen LogP contribution is -2.06. The van der Waals surface area contributed by atoms with E-state index in [1.165, 1.54) is 5.69 Å². The third-order valence-corrected chi connectivity index (χ3v) is 1.54. The van der Waals surface area contributed by atoms with Crippen LogP contribution < -0.4 is 4.90 Å². The molecule has 0 aliphatic heterocycles. The second kappa shape index (κ2) is 3.81. The second-order valence-electron chi connectivity index (χ2n) is 2.43. The molecule has 0 spiro atoms. The van der Waals surface area contributed by atoms with Crippen LogP contribution in [0.3, 0.4) is 0 Å². The molecule has 0 heterocycles. The maximum Gasteiger partial charge on any atom is 0.0403 e. The van der Waals surface area contributed by atoms with Gasteiger partial charge in [0.1, 0.15) is 0 Å². The second-order valence-corrected chi connectivity index (χ2v) is 2.43. The maximum atomic E-state index is 2.08. The van der Waals surface area contributed by atoms with E-state index >= 15 is 0 Å². The van der Waals surface area contributed by atoms with E-state index in [9.17, 15) is 0 Å². The van der Waals surface area contributed by atoms with Crippen molar-refractivity contribution in [3.8, 4) is 0 Å². The predicted molar refractivity (Wildman–Crippen MR) is 49.7 cm³/mol. The van der Waals surface area contributed by atoms with Crippen molar-refractivity contribution in [2.24, 2.45) is 0 Å². The normalized spacial score (nSPS) is 10.4. The van der Waals surface area contributed by atoms with Crippen LogP contribution in [-0.4, -0.2) is 7.05 Å².